The van der Waals surface area contributed by atoms with E-state index in [0.717, 1.165) is 16.5 Å². The van der Waals surface area contributed by atoms with Gasteiger partial charge in [0.2, 0.25) is 0 Å². The Kier molecular flexibility index (Phi) is 8.52. The monoisotopic (exact) mass is 578 g/mol. The molecule has 0 aliphatic heterocycles. The number of nitro benzene ring substituents is 1. The largest absolute Gasteiger partial charge is 0.490 e. The second-order valence-corrected chi connectivity index (χ2v) is 9.57. The Bertz CT molecular complexity index is 1550. The Morgan fingerprint density at radius 2 is 1.84 bits per heavy atom. The van der Waals surface area contributed by atoms with E-state index in [1.807, 2.05) is 39.0 Å². The normalized spacial score (nSPS) is 12.1. The van der Waals surface area contributed by atoms with Gasteiger partial charge in [0.15, 0.2) is 11.5 Å². The molecule has 0 aliphatic rings. The predicted octanol–water partition coefficient (Wildman–Crippen LogP) is 6.44. The molecule has 0 fully saturated rings. The van der Waals surface area contributed by atoms with Crippen LogP contribution in [0.5, 0.6) is 11.5 Å². The number of rotatable bonds is 10. The maximum Gasteiger partial charge on any atom is 0.282 e. The summed E-state index contributed by atoms with van der Waals surface area (Å²) in [6.07, 6.45) is 2.40. The van der Waals surface area contributed by atoms with E-state index in [1.54, 1.807) is 36.5 Å². The molecular formula is C28H27BrN4O5. The van der Waals surface area contributed by atoms with Crippen LogP contribution in [0.2, 0.25) is 0 Å². The summed E-state index contributed by atoms with van der Waals surface area (Å²) < 4.78 is 13.9. The summed E-state index contributed by atoms with van der Waals surface area (Å²) in [7, 11) is 0. The van der Waals surface area contributed by atoms with E-state index in [4.69, 9.17) is 14.5 Å². The van der Waals surface area contributed by atoms with Crippen LogP contribution in [0.1, 0.15) is 50.1 Å². The highest BCUT2D eigenvalue weighted by Crippen LogP contribution is 2.29. The minimum atomic E-state index is -0.439. The maximum atomic E-state index is 13.4. The van der Waals surface area contributed by atoms with Crippen molar-refractivity contribution in [3.05, 3.63) is 103 Å². The number of hydrogen-bond acceptors (Lipinski definition) is 7. The first-order valence-corrected chi connectivity index (χ1v) is 13.0. The molecule has 9 nitrogen and oxygen atoms in total. The van der Waals surface area contributed by atoms with Crippen molar-refractivity contribution in [2.45, 2.75) is 39.7 Å². The number of non-ortho nitro benzene ring substituents is 1. The number of nitrogens with zero attached hydrogens (tertiary/aromatic N) is 4. The molecule has 0 unspecified atom stereocenters. The number of halogens is 1. The van der Waals surface area contributed by atoms with Crippen LogP contribution in [0.25, 0.3) is 10.9 Å². The van der Waals surface area contributed by atoms with E-state index in [1.165, 1.54) is 16.8 Å². The molecular weight excluding hydrogens is 552 g/mol. The zero-order chi connectivity index (χ0) is 27.2. The number of fused-ring (bicyclic) bond motifs is 1. The van der Waals surface area contributed by atoms with Gasteiger partial charge < -0.3 is 9.47 Å². The predicted molar refractivity (Wildman–Crippen MR) is 150 cm³/mol. The first-order chi connectivity index (χ1) is 18.3. The van der Waals surface area contributed by atoms with E-state index < -0.39 is 4.92 Å². The third-order valence-electron chi connectivity index (χ3n) is 6.02. The van der Waals surface area contributed by atoms with Crippen LogP contribution in [0.3, 0.4) is 0 Å². The van der Waals surface area contributed by atoms with Crippen LogP contribution < -0.4 is 15.0 Å². The van der Waals surface area contributed by atoms with Crippen molar-refractivity contribution in [3.63, 3.8) is 0 Å². The Morgan fingerprint density at radius 1 is 1.08 bits per heavy atom. The van der Waals surface area contributed by atoms with Gasteiger partial charge in [0, 0.05) is 22.5 Å². The van der Waals surface area contributed by atoms with Gasteiger partial charge in [-0.2, -0.15) is 9.78 Å². The standard InChI is InChI=1S/C28H27BrN4O5/c1-4-18(3)27-31-24-12-9-21(29)15-23(24)28(34)32(27)30-16-20-8-13-25(26(14-20)37-5-2)38-17-19-6-10-22(11-7-19)33(35)36/h6-16,18H,4-5,17H2,1-3H3/t18-/m1/s1. The van der Waals surface area contributed by atoms with Crippen LogP contribution in [0.15, 0.2) is 75.0 Å². The second kappa shape index (κ2) is 12.0. The summed E-state index contributed by atoms with van der Waals surface area (Å²) in [5.74, 6) is 1.67. The molecule has 1 atom stereocenters. The summed E-state index contributed by atoms with van der Waals surface area (Å²) in [5.41, 5.74) is 1.92. The average molecular weight is 579 g/mol. The summed E-state index contributed by atoms with van der Waals surface area (Å²) in [4.78, 5) is 28.5. The number of ether oxygens (including phenoxy) is 2. The van der Waals surface area contributed by atoms with Crippen LogP contribution in [0, 0.1) is 10.1 Å². The van der Waals surface area contributed by atoms with Crippen molar-refractivity contribution < 1.29 is 14.4 Å². The molecule has 4 rings (SSSR count). The molecule has 0 radical (unpaired) electrons. The van der Waals surface area contributed by atoms with Gasteiger partial charge in [-0.1, -0.05) is 29.8 Å². The Hall–Kier alpha value is -4.05. The van der Waals surface area contributed by atoms with Gasteiger partial charge in [-0.15, -0.1) is 0 Å². The zero-order valence-corrected chi connectivity index (χ0v) is 22.8. The highest BCUT2D eigenvalue weighted by Gasteiger charge is 2.16. The lowest BCUT2D eigenvalue weighted by atomic mass is 10.1. The van der Waals surface area contributed by atoms with E-state index >= 15 is 0 Å². The van der Waals surface area contributed by atoms with E-state index in [9.17, 15) is 14.9 Å². The molecule has 1 aromatic heterocycles. The van der Waals surface area contributed by atoms with E-state index in [2.05, 4.69) is 21.0 Å². The fourth-order valence-electron chi connectivity index (χ4n) is 3.77. The number of nitro groups is 1. The molecule has 3 aromatic carbocycles. The lowest BCUT2D eigenvalue weighted by Crippen LogP contribution is -2.23. The van der Waals surface area contributed by atoms with Crippen molar-refractivity contribution in [2.75, 3.05) is 6.61 Å². The van der Waals surface area contributed by atoms with E-state index in [0.29, 0.717) is 40.4 Å². The minimum Gasteiger partial charge on any atom is -0.490 e. The lowest BCUT2D eigenvalue weighted by Gasteiger charge is -2.14. The Balaban J connectivity index is 1.63. The zero-order valence-electron chi connectivity index (χ0n) is 21.3. The first-order valence-electron chi connectivity index (χ1n) is 12.2. The number of benzene rings is 3. The van der Waals surface area contributed by atoms with Crippen LogP contribution in [-0.2, 0) is 6.61 Å². The molecule has 1 heterocycles. The molecule has 0 bridgehead atoms. The molecule has 0 aliphatic carbocycles. The topological polar surface area (TPSA) is 109 Å². The maximum absolute atomic E-state index is 13.4. The summed E-state index contributed by atoms with van der Waals surface area (Å²) in [6.45, 7) is 6.58. The molecule has 0 amide bonds. The molecule has 0 saturated heterocycles. The summed E-state index contributed by atoms with van der Waals surface area (Å²) >= 11 is 3.43. The Labute approximate surface area is 228 Å². The molecule has 4 aromatic rings. The Morgan fingerprint density at radius 3 is 2.53 bits per heavy atom. The van der Waals surface area contributed by atoms with Gasteiger partial charge in [-0.3, -0.25) is 14.9 Å². The van der Waals surface area contributed by atoms with Gasteiger partial charge in [0.1, 0.15) is 12.4 Å². The van der Waals surface area contributed by atoms with Gasteiger partial charge in [-0.25, -0.2) is 4.98 Å². The minimum absolute atomic E-state index is 0.0252. The third-order valence-corrected chi connectivity index (χ3v) is 6.51. The fourth-order valence-corrected chi connectivity index (χ4v) is 4.13. The van der Waals surface area contributed by atoms with Crippen LogP contribution >= 0.6 is 15.9 Å². The fraction of sp³-hybridized carbons (Fsp3) is 0.250. The number of aromatic nitrogens is 2. The summed E-state index contributed by atoms with van der Waals surface area (Å²) in [5, 5.41) is 15.9. The second-order valence-electron chi connectivity index (χ2n) is 8.65. The highest BCUT2D eigenvalue weighted by atomic mass is 79.9. The van der Waals surface area contributed by atoms with Gasteiger partial charge in [0.25, 0.3) is 11.2 Å². The average Bonchev–Trinajstić information content (AvgIpc) is 2.92. The van der Waals surface area contributed by atoms with Gasteiger partial charge in [0.05, 0.1) is 28.6 Å². The smallest absolute Gasteiger partial charge is 0.282 e. The van der Waals surface area contributed by atoms with E-state index in [-0.39, 0.29) is 23.8 Å². The molecule has 38 heavy (non-hydrogen) atoms. The van der Waals surface area contributed by atoms with Crippen molar-refractivity contribution >= 4 is 38.7 Å². The molecule has 0 saturated carbocycles. The van der Waals surface area contributed by atoms with Crippen molar-refractivity contribution in [1.29, 1.82) is 0 Å². The highest BCUT2D eigenvalue weighted by molar-refractivity contribution is 9.10. The van der Waals surface area contributed by atoms with Crippen molar-refractivity contribution in [2.24, 2.45) is 5.10 Å². The SMILES string of the molecule is CCOc1cc(C=Nn2c([C@H](C)CC)nc3ccc(Br)cc3c2=O)ccc1OCc1ccc([N+](=O)[O-])cc1. The first kappa shape index (κ1) is 27.0. The van der Waals surface area contributed by atoms with Crippen LogP contribution in [-0.4, -0.2) is 27.4 Å². The third kappa shape index (κ3) is 6.08. The molecule has 0 spiro atoms. The summed E-state index contributed by atoms with van der Waals surface area (Å²) in [6, 6.07) is 17.0. The van der Waals surface area contributed by atoms with Crippen molar-refractivity contribution in [3.8, 4) is 11.5 Å². The quantitative estimate of drug-likeness (QED) is 0.122. The molecule has 10 heteroatoms. The number of hydrogen-bond donors (Lipinski definition) is 0. The molecule has 0 N–H and O–H groups in total. The lowest BCUT2D eigenvalue weighted by molar-refractivity contribution is -0.384. The van der Waals surface area contributed by atoms with Gasteiger partial charge in [-0.05, 0) is 73.0 Å². The van der Waals surface area contributed by atoms with Crippen LogP contribution in [0.4, 0.5) is 5.69 Å². The van der Waals surface area contributed by atoms with Gasteiger partial charge >= 0.3 is 0 Å². The van der Waals surface area contributed by atoms with Crippen molar-refractivity contribution in [1.82, 2.24) is 9.66 Å². The molecule has 196 valence electrons.